The van der Waals surface area contributed by atoms with Gasteiger partial charge in [-0.05, 0) is 52.9 Å². The Morgan fingerprint density at radius 1 is 0.838 bits per heavy atom. The van der Waals surface area contributed by atoms with Gasteiger partial charge in [0.15, 0.2) is 0 Å². The Hall–Kier alpha value is -4.33. The number of phenols is 2. The van der Waals surface area contributed by atoms with Crippen LogP contribution in [0.4, 0.5) is 0 Å². The van der Waals surface area contributed by atoms with Crippen molar-refractivity contribution < 1.29 is 24.6 Å². The van der Waals surface area contributed by atoms with E-state index in [2.05, 4.69) is 5.32 Å². The predicted molar refractivity (Wildman–Crippen MR) is 137 cm³/mol. The molecule has 0 aliphatic carbocycles. The van der Waals surface area contributed by atoms with Crippen molar-refractivity contribution in [2.45, 2.75) is 37.9 Å². The molecule has 2 heterocycles. The highest BCUT2D eigenvalue weighted by Gasteiger charge is 2.47. The molecule has 190 valence electrons. The number of aromatic hydroxyl groups is 2. The van der Waals surface area contributed by atoms with Gasteiger partial charge in [0.2, 0.25) is 17.7 Å². The van der Waals surface area contributed by atoms with Crippen LogP contribution in [0.5, 0.6) is 11.5 Å². The Morgan fingerprint density at radius 2 is 1.46 bits per heavy atom. The second-order valence-corrected chi connectivity index (χ2v) is 9.57. The van der Waals surface area contributed by atoms with Crippen molar-refractivity contribution in [3.63, 3.8) is 0 Å². The number of carbonyl (C=O) groups is 3. The fourth-order valence-corrected chi connectivity index (χ4v) is 5.11. The van der Waals surface area contributed by atoms with Crippen LogP contribution in [0.15, 0.2) is 72.8 Å². The van der Waals surface area contributed by atoms with E-state index in [0.717, 1.165) is 22.3 Å². The SMILES string of the molecule is O=C(CN1C(=O)C2Cc3ccccc3CN2C(=O)C1Cc1ccc(O)cc1)NCCc1ccc(O)cc1. The highest BCUT2D eigenvalue weighted by molar-refractivity contribution is 5.99. The molecular weight excluding hydrogens is 470 g/mol. The third kappa shape index (κ3) is 5.28. The molecule has 2 aliphatic rings. The standard InChI is InChI=1S/C29H29N3O5/c33-23-9-5-19(6-10-23)13-14-30-27(35)18-32-25(15-20-7-11-24(34)12-8-20)28(36)31-17-22-4-2-1-3-21(22)16-26(31)29(32)37/h1-12,25-26,33-34H,13-18H2,(H,30,35). The van der Waals surface area contributed by atoms with Crippen molar-refractivity contribution in [2.75, 3.05) is 13.1 Å². The van der Waals surface area contributed by atoms with Crippen LogP contribution >= 0.6 is 0 Å². The second kappa shape index (κ2) is 10.3. The monoisotopic (exact) mass is 499 g/mol. The molecule has 3 aromatic rings. The Balaban J connectivity index is 1.34. The quantitative estimate of drug-likeness (QED) is 0.462. The van der Waals surface area contributed by atoms with E-state index in [4.69, 9.17) is 0 Å². The molecule has 8 nitrogen and oxygen atoms in total. The van der Waals surface area contributed by atoms with Gasteiger partial charge in [0.05, 0.1) is 0 Å². The average Bonchev–Trinajstić information content (AvgIpc) is 2.90. The Kier molecular flexibility index (Phi) is 6.81. The zero-order valence-corrected chi connectivity index (χ0v) is 20.3. The van der Waals surface area contributed by atoms with Gasteiger partial charge in [0.25, 0.3) is 0 Å². The van der Waals surface area contributed by atoms with Gasteiger partial charge < -0.3 is 25.3 Å². The molecule has 1 fully saturated rings. The van der Waals surface area contributed by atoms with Crippen molar-refractivity contribution in [1.82, 2.24) is 15.1 Å². The summed E-state index contributed by atoms with van der Waals surface area (Å²) in [6.45, 7) is 0.518. The van der Waals surface area contributed by atoms with Crippen LogP contribution in [-0.4, -0.2) is 62.9 Å². The van der Waals surface area contributed by atoms with Gasteiger partial charge in [-0.15, -0.1) is 0 Å². The number of benzene rings is 3. The molecule has 0 radical (unpaired) electrons. The highest BCUT2D eigenvalue weighted by Crippen LogP contribution is 2.30. The van der Waals surface area contributed by atoms with Crippen LogP contribution in [0.2, 0.25) is 0 Å². The van der Waals surface area contributed by atoms with Crippen LogP contribution in [0, 0.1) is 0 Å². The van der Waals surface area contributed by atoms with Crippen LogP contribution in [0.1, 0.15) is 22.3 Å². The smallest absolute Gasteiger partial charge is 0.246 e. The van der Waals surface area contributed by atoms with E-state index in [9.17, 15) is 24.6 Å². The lowest BCUT2D eigenvalue weighted by molar-refractivity contribution is -0.164. The molecule has 8 heteroatoms. The minimum absolute atomic E-state index is 0.118. The maximum Gasteiger partial charge on any atom is 0.246 e. The molecule has 5 rings (SSSR count). The summed E-state index contributed by atoms with van der Waals surface area (Å²) in [5.41, 5.74) is 3.82. The summed E-state index contributed by atoms with van der Waals surface area (Å²) in [4.78, 5) is 43.4. The first kappa shape index (κ1) is 24.4. The third-order valence-corrected chi connectivity index (χ3v) is 7.11. The summed E-state index contributed by atoms with van der Waals surface area (Å²) < 4.78 is 0. The van der Waals surface area contributed by atoms with Crippen molar-refractivity contribution in [3.8, 4) is 11.5 Å². The normalized spacial score (nSPS) is 18.8. The van der Waals surface area contributed by atoms with Gasteiger partial charge in [-0.1, -0.05) is 48.5 Å². The van der Waals surface area contributed by atoms with Gasteiger partial charge >= 0.3 is 0 Å². The summed E-state index contributed by atoms with van der Waals surface area (Å²) >= 11 is 0. The molecule has 3 N–H and O–H groups in total. The van der Waals surface area contributed by atoms with Crippen LogP contribution in [-0.2, 0) is 40.2 Å². The zero-order valence-electron chi connectivity index (χ0n) is 20.3. The van der Waals surface area contributed by atoms with Crippen LogP contribution < -0.4 is 5.32 Å². The lowest BCUT2D eigenvalue weighted by Gasteiger charge is -2.47. The summed E-state index contributed by atoms with van der Waals surface area (Å²) in [6, 6.07) is 19.7. The van der Waals surface area contributed by atoms with Gasteiger partial charge in [-0.2, -0.15) is 0 Å². The number of nitrogens with one attached hydrogen (secondary N) is 1. The van der Waals surface area contributed by atoms with Crippen molar-refractivity contribution in [2.24, 2.45) is 0 Å². The molecule has 0 aromatic heterocycles. The minimum Gasteiger partial charge on any atom is -0.508 e. The van der Waals surface area contributed by atoms with E-state index in [1.165, 1.54) is 4.90 Å². The zero-order chi connectivity index (χ0) is 25.9. The van der Waals surface area contributed by atoms with Crippen molar-refractivity contribution in [3.05, 3.63) is 95.1 Å². The van der Waals surface area contributed by atoms with Gasteiger partial charge in [-0.3, -0.25) is 14.4 Å². The number of nitrogens with zero attached hydrogens (tertiary/aromatic N) is 2. The average molecular weight is 500 g/mol. The number of hydrogen-bond acceptors (Lipinski definition) is 5. The van der Waals surface area contributed by atoms with E-state index in [0.29, 0.717) is 25.9 Å². The molecule has 0 saturated carbocycles. The first-order valence-corrected chi connectivity index (χ1v) is 12.4. The molecule has 0 bridgehead atoms. The van der Waals surface area contributed by atoms with Gasteiger partial charge in [0.1, 0.15) is 30.1 Å². The number of hydrogen-bond donors (Lipinski definition) is 3. The number of fused-ring (bicyclic) bond motifs is 2. The Labute approximate surface area is 215 Å². The van der Waals surface area contributed by atoms with E-state index >= 15 is 0 Å². The molecule has 3 aromatic carbocycles. The van der Waals surface area contributed by atoms with E-state index in [1.807, 2.05) is 24.3 Å². The molecule has 2 atom stereocenters. The fourth-order valence-electron chi connectivity index (χ4n) is 5.11. The maximum atomic E-state index is 13.7. The summed E-state index contributed by atoms with van der Waals surface area (Å²) in [7, 11) is 0. The number of rotatable bonds is 7. The third-order valence-electron chi connectivity index (χ3n) is 7.11. The highest BCUT2D eigenvalue weighted by atomic mass is 16.3. The number of amides is 3. The maximum absolute atomic E-state index is 13.7. The first-order chi connectivity index (χ1) is 17.9. The second-order valence-electron chi connectivity index (χ2n) is 9.57. The molecule has 1 saturated heterocycles. The topological polar surface area (TPSA) is 110 Å². The van der Waals surface area contributed by atoms with Gasteiger partial charge in [0, 0.05) is 25.9 Å². The lowest BCUT2D eigenvalue weighted by atomic mass is 9.88. The van der Waals surface area contributed by atoms with Crippen LogP contribution in [0.25, 0.3) is 0 Å². The number of piperazine rings is 1. The molecule has 2 unspecified atom stereocenters. The molecular formula is C29H29N3O5. The Morgan fingerprint density at radius 3 is 2.14 bits per heavy atom. The molecule has 0 spiro atoms. The first-order valence-electron chi connectivity index (χ1n) is 12.4. The number of carbonyl (C=O) groups excluding carboxylic acids is 3. The Bertz CT molecular complexity index is 1310. The van der Waals surface area contributed by atoms with Crippen molar-refractivity contribution in [1.29, 1.82) is 0 Å². The fraction of sp³-hybridized carbons (Fsp3) is 0.276. The lowest BCUT2D eigenvalue weighted by Crippen LogP contribution is -2.67. The summed E-state index contributed by atoms with van der Waals surface area (Å²) in [5, 5.41) is 21.9. The largest absolute Gasteiger partial charge is 0.508 e. The van der Waals surface area contributed by atoms with E-state index in [-0.39, 0.29) is 42.2 Å². The van der Waals surface area contributed by atoms with Crippen LogP contribution in [0.3, 0.4) is 0 Å². The van der Waals surface area contributed by atoms with E-state index < -0.39 is 12.1 Å². The van der Waals surface area contributed by atoms with Gasteiger partial charge in [-0.25, -0.2) is 0 Å². The summed E-state index contributed by atoms with van der Waals surface area (Å²) in [5.74, 6) is -0.441. The molecule has 3 amide bonds. The van der Waals surface area contributed by atoms with E-state index in [1.54, 1.807) is 53.4 Å². The minimum atomic E-state index is -0.818. The predicted octanol–water partition coefficient (Wildman–Crippen LogP) is 2.16. The molecule has 37 heavy (non-hydrogen) atoms. The number of phenolic OH excluding ortho intramolecular Hbond substituents is 2. The molecule has 2 aliphatic heterocycles. The van der Waals surface area contributed by atoms with Crippen molar-refractivity contribution >= 4 is 17.7 Å². The summed E-state index contributed by atoms with van der Waals surface area (Å²) in [6.07, 6.45) is 1.24.